The zero-order chi connectivity index (χ0) is 19.9. The topological polar surface area (TPSA) is 13.0 Å². The van der Waals surface area contributed by atoms with E-state index in [-0.39, 0.29) is 0 Å². The van der Waals surface area contributed by atoms with Gasteiger partial charge in [-0.3, -0.25) is 9.80 Å². The number of rotatable bonds is 4. The van der Waals surface area contributed by atoms with Gasteiger partial charge < -0.3 is 9.80 Å². The van der Waals surface area contributed by atoms with Crippen molar-refractivity contribution in [3.05, 3.63) is 0 Å². The van der Waals surface area contributed by atoms with Crippen LogP contribution < -0.4 is 0 Å². The van der Waals surface area contributed by atoms with E-state index in [4.69, 9.17) is 0 Å². The minimum atomic E-state index is 0.342. The molecule has 0 saturated carbocycles. The van der Waals surface area contributed by atoms with E-state index >= 15 is 0 Å². The highest BCUT2D eigenvalue weighted by Crippen LogP contribution is 2.36. The summed E-state index contributed by atoms with van der Waals surface area (Å²) in [5, 5.41) is 0. The van der Waals surface area contributed by atoms with E-state index in [1.807, 2.05) is 0 Å². The van der Waals surface area contributed by atoms with Crippen molar-refractivity contribution < 1.29 is 0 Å². The van der Waals surface area contributed by atoms with E-state index in [0.29, 0.717) is 5.54 Å². The van der Waals surface area contributed by atoms with Crippen LogP contribution in [0.5, 0.6) is 0 Å². The number of hydrogen-bond donors (Lipinski definition) is 0. The Morgan fingerprint density at radius 3 is 1.82 bits per heavy atom. The van der Waals surface area contributed by atoms with E-state index < -0.39 is 0 Å². The monoisotopic (exact) mass is 390 g/mol. The fourth-order valence-electron chi connectivity index (χ4n) is 6.87. The molecule has 2 atom stereocenters. The van der Waals surface area contributed by atoms with Crippen molar-refractivity contribution in [2.24, 2.45) is 5.92 Å². The summed E-state index contributed by atoms with van der Waals surface area (Å²) in [4.78, 5) is 11.2. The van der Waals surface area contributed by atoms with Crippen LogP contribution in [0.1, 0.15) is 73.1 Å². The second kappa shape index (κ2) is 8.53. The van der Waals surface area contributed by atoms with Crippen molar-refractivity contribution in [2.75, 3.05) is 45.8 Å². The Morgan fingerprint density at radius 1 is 0.750 bits per heavy atom. The summed E-state index contributed by atoms with van der Waals surface area (Å²) in [5.41, 5.74) is 0.342. The molecule has 2 bridgehead atoms. The molecule has 28 heavy (non-hydrogen) atoms. The lowest BCUT2D eigenvalue weighted by molar-refractivity contribution is -0.00832. The normalized spacial score (nSPS) is 33.2. The van der Waals surface area contributed by atoms with Crippen molar-refractivity contribution >= 4 is 0 Å². The minimum Gasteiger partial charge on any atom is -0.301 e. The summed E-state index contributed by atoms with van der Waals surface area (Å²) in [6, 6.07) is 3.21. The Morgan fingerprint density at radius 2 is 1.32 bits per heavy atom. The summed E-state index contributed by atoms with van der Waals surface area (Å²) in [6.07, 6.45) is 8.48. The third kappa shape index (κ3) is 4.61. The molecule has 0 aromatic carbocycles. The van der Waals surface area contributed by atoms with Gasteiger partial charge in [0.15, 0.2) is 0 Å². The van der Waals surface area contributed by atoms with Crippen LogP contribution in [0, 0.1) is 5.92 Å². The highest BCUT2D eigenvalue weighted by molar-refractivity contribution is 5.01. The van der Waals surface area contributed by atoms with E-state index in [1.54, 1.807) is 0 Å². The van der Waals surface area contributed by atoms with Gasteiger partial charge in [-0.1, -0.05) is 0 Å². The molecule has 2 unspecified atom stereocenters. The molecular formula is C24H46N4. The molecular weight excluding hydrogens is 344 g/mol. The predicted molar refractivity (Wildman–Crippen MR) is 119 cm³/mol. The molecule has 4 rings (SSSR count). The fourth-order valence-corrected chi connectivity index (χ4v) is 6.87. The molecule has 4 aliphatic rings. The van der Waals surface area contributed by atoms with Crippen molar-refractivity contribution in [3.8, 4) is 0 Å². The fraction of sp³-hybridized carbons (Fsp3) is 1.00. The molecule has 4 fully saturated rings. The van der Waals surface area contributed by atoms with Crippen LogP contribution in [-0.4, -0.2) is 95.1 Å². The number of piperazine rings is 1. The van der Waals surface area contributed by atoms with E-state index in [2.05, 4.69) is 54.2 Å². The first-order valence-electron chi connectivity index (χ1n) is 12.3. The smallest absolute Gasteiger partial charge is 0.0232 e. The first-order chi connectivity index (χ1) is 13.3. The quantitative estimate of drug-likeness (QED) is 0.728. The van der Waals surface area contributed by atoms with Crippen molar-refractivity contribution in [1.82, 2.24) is 19.6 Å². The van der Waals surface area contributed by atoms with Crippen LogP contribution in [-0.2, 0) is 0 Å². The van der Waals surface area contributed by atoms with Gasteiger partial charge in [0.05, 0.1) is 0 Å². The van der Waals surface area contributed by atoms with Gasteiger partial charge in [0.2, 0.25) is 0 Å². The van der Waals surface area contributed by atoms with E-state index in [0.717, 1.165) is 30.1 Å². The SMILES string of the molecule is CC(C)N1CCC(N2CCC(CN3CC4CCC(C3)N4C(C)(C)C)CC2)CC1. The number of fused-ring (bicyclic) bond motifs is 2. The number of likely N-dealkylation sites (tertiary alicyclic amines) is 3. The van der Waals surface area contributed by atoms with Crippen LogP contribution >= 0.6 is 0 Å². The maximum Gasteiger partial charge on any atom is 0.0232 e. The predicted octanol–water partition coefficient (Wildman–Crippen LogP) is 3.52. The third-order valence-electron chi connectivity index (χ3n) is 8.24. The van der Waals surface area contributed by atoms with Gasteiger partial charge in [-0.15, -0.1) is 0 Å². The highest BCUT2D eigenvalue weighted by Gasteiger charge is 2.45. The summed E-state index contributed by atoms with van der Waals surface area (Å²) in [5.74, 6) is 0.938. The van der Waals surface area contributed by atoms with Crippen LogP contribution in [0.15, 0.2) is 0 Å². The zero-order valence-electron chi connectivity index (χ0n) is 19.4. The molecule has 0 aromatic heterocycles. The number of piperidine rings is 2. The largest absolute Gasteiger partial charge is 0.301 e. The molecule has 162 valence electrons. The molecule has 0 aliphatic carbocycles. The lowest BCUT2D eigenvalue weighted by Gasteiger charge is -2.49. The lowest BCUT2D eigenvalue weighted by atomic mass is 9.92. The van der Waals surface area contributed by atoms with Gasteiger partial charge in [0.1, 0.15) is 0 Å². The van der Waals surface area contributed by atoms with Gasteiger partial charge in [-0.05, 0) is 105 Å². The van der Waals surface area contributed by atoms with Crippen LogP contribution in [0.2, 0.25) is 0 Å². The molecule has 4 heterocycles. The maximum atomic E-state index is 2.84. The molecule has 4 saturated heterocycles. The Balaban J connectivity index is 1.21. The Bertz CT molecular complexity index is 483. The first kappa shape index (κ1) is 21.1. The van der Waals surface area contributed by atoms with E-state index in [1.165, 1.54) is 84.3 Å². The molecule has 4 aliphatic heterocycles. The van der Waals surface area contributed by atoms with Crippen LogP contribution in [0.25, 0.3) is 0 Å². The third-order valence-corrected chi connectivity index (χ3v) is 8.24. The van der Waals surface area contributed by atoms with Gasteiger partial charge in [0, 0.05) is 49.3 Å². The van der Waals surface area contributed by atoms with E-state index in [9.17, 15) is 0 Å². The van der Waals surface area contributed by atoms with Gasteiger partial charge in [0.25, 0.3) is 0 Å². The van der Waals surface area contributed by atoms with Crippen LogP contribution in [0.3, 0.4) is 0 Å². The molecule has 0 spiro atoms. The summed E-state index contributed by atoms with van der Waals surface area (Å²) >= 11 is 0. The minimum absolute atomic E-state index is 0.342. The molecule has 0 aromatic rings. The van der Waals surface area contributed by atoms with Crippen molar-refractivity contribution in [2.45, 2.75) is 103 Å². The molecule has 0 amide bonds. The molecule has 4 heteroatoms. The van der Waals surface area contributed by atoms with Crippen molar-refractivity contribution in [1.29, 1.82) is 0 Å². The number of nitrogens with zero attached hydrogens (tertiary/aromatic N) is 4. The number of hydrogen-bond acceptors (Lipinski definition) is 4. The zero-order valence-corrected chi connectivity index (χ0v) is 19.4. The average Bonchev–Trinajstić information content (AvgIpc) is 2.95. The summed E-state index contributed by atoms with van der Waals surface area (Å²) in [7, 11) is 0. The average molecular weight is 391 g/mol. The Kier molecular flexibility index (Phi) is 6.42. The second-order valence-corrected chi connectivity index (χ2v) is 11.5. The van der Waals surface area contributed by atoms with Crippen molar-refractivity contribution in [3.63, 3.8) is 0 Å². The second-order valence-electron chi connectivity index (χ2n) is 11.5. The standard InChI is InChI=1S/C24H46N4/c1-19(2)26-14-10-21(11-15-26)27-12-8-20(9-13-27)16-25-17-22-6-7-23(18-25)28(22)24(3,4)5/h19-23H,6-18H2,1-5H3. The molecule has 0 radical (unpaired) electrons. The van der Waals surface area contributed by atoms with Gasteiger partial charge >= 0.3 is 0 Å². The Labute approximate surface area is 174 Å². The first-order valence-corrected chi connectivity index (χ1v) is 12.3. The lowest BCUT2D eigenvalue weighted by Crippen LogP contribution is -2.60. The van der Waals surface area contributed by atoms with Gasteiger partial charge in [-0.25, -0.2) is 0 Å². The summed E-state index contributed by atoms with van der Waals surface area (Å²) in [6.45, 7) is 21.3. The summed E-state index contributed by atoms with van der Waals surface area (Å²) < 4.78 is 0. The molecule has 0 N–H and O–H groups in total. The van der Waals surface area contributed by atoms with Crippen LogP contribution in [0.4, 0.5) is 0 Å². The molecule has 4 nitrogen and oxygen atoms in total. The maximum absolute atomic E-state index is 2.84. The van der Waals surface area contributed by atoms with Gasteiger partial charge in [-0.2, -0.15) is 0 Å². The highest BCUT2D eigenvalue weighted by atomic mass is 15.4. The Hall–Kier alpha value is -0.160.